The van der Waals surface area contributed by atoms with Crippen molar-refractivity contribution >= 4 is 15.7 Å². The summed E-state index contributed by atoms with van der Waals surface area (Å²) in [5.74, 6) is 1.36. The number of non-ortho nitro benzene ring substituents is 1. The predicted octanol–water partition coefficient (Wildman–Crippen LogP) is 1.39. The SMILES string of the molecule is COc1ccc(-n2nnnc2CN2CCN(S(=O)(=O)c3cc([N+](=O)[O-])ccc3C)CC2)cc1. The van der Waals surface area contributed by atoms with Crippen molar-refractivity contribution in [2.45, 2.75) is 18.4 Å². The number of benzene rings is 2. The first-order valence-corrected chi connectivity index (χ1v) is 11.6. The molecule has 0 bridgehead atoms. The molecule has 1 aromatic heterocycles. The topological polar surface area (TPSA) is 137 Å². The van der Waals surface area contributed by atoms with Crippen LogP contribution in [0.4, 0.5) is 5.69 Å². The Hall–Kier alpha value is -3.42. The van der Waals surface area contributed by atoms with Crippen molar-refractivity contribution in [2.75, 3.05) is 33.3 Å². The molecule has 0 atom stereocenters. The van der Waals surface area contributed by atoms with Crippen LogP contribution in [-0.4, -0.2) is 76.0 Å². The number of tetrazole rings is 1. The first kappa shape index (κ1) is 22.8. The van der Waals surface area contributed by atoms with Crippen molar-refractivity contribution in [2.24, 2.45) is 0 Å². The largest absolute Gasteiger partial charge is 0.497 e. The van der Waals surface area contributed by atoms with Crippen molar-refractivity contribution in [3.8, 4) is 11.4 Å². The van der Waals surface area contributed by atoms with E-state index in [1.54, 1.807) is 18.7 Å². The molecule has 0 saturated carbocycles. The van der Waals surface area contributed by atoms with E-state index in [1.165, 1.54) is 16.4 Å². The minimum Gasteiger partial charge on any atom is -0.497 e. The summed E-state index contributed by atoms with van der Waals surface area (Å²) < 4.78 is 34.4. The monoisotopic (exact) mass is 473 g/mol. The average Bonchev–Trinajstić information content (AvgIpc) is 3.27. The molecule has 13 heteroatoms. The summed E-state index contributed by atoms with van der Waals surface area (Å²) in [6, 6.07) is 11.2. The van der Waals surface area contributed by atoms with Crippen LogP contribution in [-0.2, 0) is 16.6 Å². The van der Waals surface area contributed by atoms with Crippen LogP contribution >= 0.6 is 0 Å². The van der Waals surface area contributed by atoms with Gasteiger partial charge in [0, 0.05) is 38.3 Å². The molecule has 12 nitrogen and oxygen atoms in total. The van der Waals surface area contributed by atoms with Gasteiger partial charge in [0.25, 0.3) is 5.69 Å². The molecular formula is C20H23N7O5S. The fourth-order valence-electron chi connectivity index (χ4n) is 3.68. The Bertz CT molecular complexity index is 1250. The van der Waals surface area contributed by atoms with E-state index >= 15 is 0 Å². The highest BCUT2D eigenvalue weighted by Gasteiger charge is 2.31. The quantitative estimate of drug-likeness (QED) is 0.368. The number of aryl methyl sites for hydroxylation is 1. The molecule has 0 spiro atoms. The predicted molar refractivity (Wildman–Crippen MR) is 118 cm³/mol. The summed E-state index contributed by atoms with van der Waals surface area (Å²) in [5.41, 5.74) is 1.02. The van der Waals surface area contributed by atoms with Gasteiger partial charge in [-0.25, -0.2) is 8.42 Å². The van der Waals surface area contributed by atoms with Gasteiger partial charge in [0.2, 0.25) is 10.0 Å². The number of nitro benzene ring substituents is 1. The van der Waals surface area contributed by atoms with Gasteiger partial charge in [-0.05, 0) is 47.2 Å². The van der Waals surface area contributed by atoms with E-state index in [1.807, 2.05) is 24.3 Å². The summed E-state index contributed by atoms with van der Waals surface area (Å²) in [7, 11) is -2.25. The van der Waals surface area contributed by atoms with E-state index in [0.717, 1.165) is 17.5 Å². The summed E-state index contributed by atoms with van der Waals surface area (Å²) in [6.45, 7) is 3.54. The molecule has 174 valence electrons. The molecule has 0 radical (unpaired) electrons. The third-order valence-corrected chi connectivity index (χ3v) is 7.59. The molecule has 1 saturated heterocycles. The third-order valence-electron chi connectivity index (χ3n) is 5.55. The zero-order valence-corrected chi connectivity index (χ0v) is 19.0. The summed E-state index contributed by atoms with van der Waals surface area (Å²) in [4.78, 5) is 12.5. The van der Waals surface area contributed by atoms with Gasteiger partial charge in [0.05, 0.1) is 29.2 Å². The van der Waals surface area contributed by atoms with Crippen LogP contribution in [0.3, 0.4) is 0 Å². The lowest BCUT2D eigenvalue weighted by molar-refractivity contribution is -0.385. The molecule has 2 aromatic carbocycles. The Morgan fingerprint density at radius 3 is 2.42 bits per heavy atom. The Labute approximate surface area is 190 Å². The summed E-state index contributed by atoms with van der Waals surface area (Å²) in [6.07, 6.45) is 0. The number of aromatic nitrogens is 4. The Morgan fingerprint density at radius 2 is 1.79 bits per heavy atom. The smallest absolute Gasteiger partial charge is 0.270 e. The third kappa shape index (κ3) is 4.69. The maximum absolute atomic E-state index is 13.1. The fraction of sp³-hybridized carbons (Fsp3) is 0.350. The fourth-order valence-corrected chi connectivity index (χ4v) is 5.34. The number of ether oxygens (including phenoxy) is 1. The van der Waals surface area contributed by atoms with Crippen LogP contribution in [0, 0.1) is 17.0 Å². The molecule has 3 aromatic rings. The zero-order chi connectivity index (χ0) is 23.6. The van der Waals surface area contributed by atoms with Crippen molar-refractivity contribution < 1.29 is 18.1 Å². The first-order valence-electron chi connectivity index (χ1n) is 10.2. The van der Waals surface area contributed by atoms with E-state index in [-0.39, 0.29) is 23.7 Å². The van der Waals surface area contributed by atoms with Crippen molar-refractivity contribution in [3.05, 3.63) is 64.0 Å². The van der Waals surface area contributed by atoms with Gasteiger partial charge in [0.15, 0.2) is 5.82 Å². The number of piperazine rings is 1. The van der Waals surface area contributed by atoms with Crippen molar-refractivity contribution in [1.82, 2.24) is 29.4 Å². The standard InChI is InChI=1S/C20H23N7O5S/c1-15-3-4-17(27(28)29)13-19(15)33(30,31)25-11-9-24(10-12-25)14-20-21-22-23-26(20)16-5-7-18(32-2)8-6-16/h3-8,13H,9-12,14H2,1-2H3. The van der Waals surface area contributed by atoms with E-state index in [4.69, 9.17) is 4.74 Å². The Morgan fingerprint density at radius 1 is 1.09 bits per heavy atom. The number of nitrogens with zero attached hydrogens (tertiary/aromatic N) is 7. The van der Waals surface area contributed by atoms with Gasteiger partial charge in [0.1, 0.15) is 5.75 Å². The molecule has 0 N–H and O–H groups in total. The normalized spacial score (nSPS) is 15.5. The lowest BCUT2D eigenvalue weighted by Crippen LogP contribution is -2.48. The van der Waals surface area contributed by atoms with E-state index in [0.29, 0.717) is 31.0 Å². The minimum absolute atomic E-state index is 0.0337. The van der Waals surface area contributed by atoms with Crippen LogP contribution in [0.5, 0.6) is 5.75 Å². The van der Waals surface area contributed by atoms with Crippen LogP contribution in [0.1, 0.15) is 11.4 Å². The molecule has 0 unspecified atom stereocenters. The molecule has 2 heterocycles. The highest BCUT2D eigenvalue weighted by molar-refractivity contribution is 7.89. The second kappa shape index (κ2) is 9.21. The molecule has 1 aliphatic heterocycles. The van der Waals surface area contributed by atoms with E-state index in [9.17, 15) is 18.5 Å². The van der Waals surface area contributed by atoms with Gasteiger partial charge in [-0.1, -0.05) is 6.07 Å². The maximum Gasteiger partial charge on any atom is 0.270 e. The second-order valence-corrected chi connectivity index (χ2v) is 9.50. The van der Waals surface area contributed by atoms with Gasteiger partial charge in [-0.15, -0.1) is 5.10 Å². The van der Waals surface area contributed by atoms with Crippen LogP contribution < -0.4 is 4.74 Å². The Kier molecular flexibility index (Phi) is 6.35. The number of nitro groups is 1. The van der Waals surface area contributed by atoms with Gasteiger partial charge < -0.3 is 4.74 Å². The van der Waals surface area contributed by atoms with Gasteiger partial charge >= 0.3 is 0 Å². The number of sulfonamides is 1. The minimum atomic E-state index is -3.85. The van der Waals surface area contributed by atoms with Crippen LogP contribution in [0.15, 0.2) is 47.4 Å². The number of hydrogen-bond acceptors (Lipinski definition) is 9. The maximum atomic E-state index is 13.1. The number of hydrogen-bond donors (Lipinski definition) is 0. The lowest BCUT2D eigenvalue weighted by atomic mass is 10.2. The van der Waals surface area contributed by atoms with Crippen LogP contribution in [0.25, 0.3) is 5.69 Å². The molecule has 1 aliphatic rings. The first-order chi connectivity index (χ1) is 15.8. The average molecular weight is 474 g/mol. The van der Waals surface area contributed by atoms with Crippen molar-refractivity contribution in [3.63, 3.8) is 0 Å². The summed E-state index contributed by atoms with van der Waals surface area (Å²) >= 11 is 0. The van der Waals surface area contributed by atoms with Gasteiger partial charge in [-0.2, -0.15) is 8.99 Å². The van der Waals surface area contributed by atoms with Crippen molar-refractivity contribution in [1.29, 1.82) is 0 Å². The van der Waals surface area contributed by atoms with E-state index in [2.05, 4.69) is 20.4 Å². The highest BCUT2D eigenvalue weighted by Crippen LogP contribution is 2.26. The molecule has 33 heavy (non-hydrogen) atoms. The van der Waals surface area contributed by atoms with Crippen LogP contribution in [0.2, 0.25) is 0 Å². The second-order valence-electron chi connectivity index (χ2n) is 7.59. The Balaban J connectivity index is 1.44. The molecule has 0 amide bonds. The zero-order valence-electron chi connectivity index (χ0n) is 18.2. The lowest BCUT2D eigenvalue weighted by Gasteiger charge is -2.33. The van der Waals surface area contributed by atoms with Gasteiger partial charge in [-0.3, -0.25) is 15.0 Å². The highest BCUT2D eigenvalue weighted by atomic mass is 32.2. The molecular weight excluding hydrogens is 450 g/mol. The number of methoxy groups -OCH3 is 1. The van der Waals surface area contributed by atoms with E-state index < -0.39 is 14.9 Å². The number of rotatable bonds is 7. The molecule has 4 rings (SSSR count). The molecule has 1 fully saturated rings. The molecule has 0 aliphatic carbocycles. The summed E-state index contributed by atoms with van der Waals surface area (Å²) in [5, 5.41) is 23.0.